The maximum atomic E-state index is 12.5. The monoisotopic (exact) mass is 448 g/mol. The van der Waals surface area contributed by atoms with Crippen molar-refractivity contribution in [2.24, 2.45) is 7.05 Å². The SMILES string of the molecule is CCOC(=O)c1c(NC(=O)CSc2nnc(-c3ccco3)n2C)sc(C(C)=O)c1C. The van der Waals surface area contributed by atoms with Gasteiger partial charge in [-0.1, -0.05) is 11.8 Å². The van der Waals surface area contributed by atoms with Crippen molar-refractivity contribution in [3.05, 3.63) is 34.4 Å². The second-order valence-electron chi connectivity index (χ2n) is 6.22. The Balaban J connectivity index is 1.73. The maximum Gasteiger partial charge on any atom is 0.341 e. The van der Waals surface area contributed by atoms with Crippen molar-refractivity contribution in [3.8, 4) is 11.6 Å². The molecule has 158 valence electrons. The van der Waals surface area contributed by atoms with Gasteiger partial charge in [0.25, 0.3) is 0 Å². The van der Waals surface area contributed by atoms with Crippen LogP contribution in [-0.4, -0.2) is 44.8 Å². The maximum absolute atomic E-state index is 12.5. The molecule has 3 aromatic heterocycles. The summed E-state index contributed by atoms with van der Waals surface area (Å²) in [6, 6.07) is 3.53. The van der Waals surface area contributed by atoms with Crippen LogP contribution in [0.25, 0.3) is 11.6 Å². The van der Waals surface area contributed by atoms with Crippen LogP contribution in [0, 0.1) is 6.92 Å². The first-order valence-electron chi connectivity index (χ1n) is 9.00. The highest BCUT2D eigenvalue weighted by atomic mass is 32.2. The van der Waals surface area contributed by atoms with Crippen molar-refractivity contribution in [1.82, 2.24) is 14.8 Å². The van der Waals surface area contributed by atoms with Crippen molar-refractivity contribution in [2.75, 3.05) is 17.7 Å². The Morgan fingerprint density at radius 2 is 2.10 bits per heavy atom. The number of nitrogens with zero attached hydrogens (tertiary/aromatic N) is 3. The number of nitrogens with one attached hydrogen (secondary N) is 1. The number of ketones is 1. The molecule has 0 aliphatic heterocycles. The highest BCUT2D eigenvalue weighted by Gasteiger charge is 2.25. The third-order valence-corrected chi connectivity index (χ3v) is 6.44. The molecule has 0 aromatic carbocycles. The number of Topliss-reactive ketones (excluding diaryl/α,β-unsaturated/α-hetero) is 1. The third-order valence-electron chi connectivity index (χ3n) is 4.11. The Kier molecular flexibility index (Phi) is 6.73. The lowest BCUT2D eigenvalue weighted by molar-refractivity contribution is -0.113. The third kappa shape index (κ3) is 4.46. The average Bonchev–Trinajstić information content (AvgIpc) is 3.40. The fourth-order valence-electron chi connectivity index (χ4n) is 2.74. The van der Waals surface area contributed by atoms with E-state index in [1.54, 1.807) is 43.9 Å². The lowest BCUT2D eigenvalue weighted by Gasteiger charge is -2.07. The first-order chi connectivity index (χ1) is 14.3. The first-order valence-corrected chi connectivity index (χ1v) is 10.8. The van der Waals surface area contributed by atoms with Crippen molar-refractivity contribution in [1.29, 1.82) is 0 Å². The fourth-order valence-corrected chi connectivity index (χ4v) is 4.56. The number of carbonyl (C=O) groups is 3. The van der Waals surface area contributed by atoms with E-state index in [0.29, 0.717) is 32.2 Å². The van der Waals surface area contributed by atoms with Gasteiger partial charge in [-0.25, -0.2) is 4.79 Å². The van der Waals surface area contributed by atoms with Crippen molar-refractivity contribution >= 4 is 45.8 Å². The van der Waals surface area contributed by atoms with Gasteiger partial charge in [-0.3, -0.25) is 9.59 Å². The number of ether oxygens (including phenoxy) is 1. The van der Waals surface area contributed by atoms with Gasteiger partial charge < -0.3 is 19.0 Å². The summed E-state index contributed by atoms with van der Waals surface area (Å²) in [5, 5.41) is 11.7. The Labute approximate surface area is 180 Å². The molecule has 0 bridgehead atoms. The lowest BCUT2D eigenvalue weighted by Crippen LogP contribution is -2.16. The summed E-state index contributed by atoms with van der Waals surface area (Å²) in [7, 11) is 1.78. The van der Waals surface area contributed by atoms with E-state index < -0.39 is 5.97 Å². The number of amides is 1. The van der Waals surface area contributed by atoms with Crippen molar-refractivity contribution in [2.45, 2.75) is 25.9 Å². The summed E-state index contributed by atoms with van der Waals surface area (Å²) >= 11 is 2.26. The molecular formula is C19H20N4O5S2. The number of hydrogen-bond donors (Lipinski definition) is 1. The molecule has 9 nitrogen and oxygen atoms in total. The largest absolute Gasteiger partial charge is 0.462 e. The summed E-state index contributed by atoms with van der Waals surface area (Å²) in [4.78, 5) is 37.1. The summed E-state index contributed by atoms with van der Waals surface area (Å²) < 4.78 is 12.1. The van der Waals surface area contributed by atoms with Crippen LogP contribution in [0.3, 0.4) is 0 Å². The molecule has 0 fully saturated rings. The summed E-state index contributed by atoms with van der Waals surface area (Å²) in [6.07, 6.45) is 1.55. The zero-order valence-electron chi connectivity index (χ0n) is 16.8. The molecule has 0 unspecified atom stereocenters. The number of carbonyl (C=O) groups excluding carboxylic acids is 3. The molecule has 0 aliphatic rings. The topological polar surface area (TPSA) is 116 Å². The number of aromatic nitrogens is 3. The van der Waals surface area contributed by atoms with Crippen LogP contribution in [0.2, 0.25) is 0 Å². The van der Waals surface area contributed by atoms with Crippen LogP contribution in [0.1, 0.15) is 39.4 Å². The fraction of sp³-hybridized carbons (Fsp3) is 0.316. The molecule has 30 heavy (non-hydrogen) atoms. The minimum Gasteiger partial charge on any atom is -0.462 e. The van der Waals surface area contributed by atoms with Crippen LogP contribution >= 0.6 is 23.1 Å². The Bertz CT molecular complexity index is 1090. The number of hydrogen-bond acceptors (Lipinski definition) is 9. The van der Waals surface area contributed by atoms with E-state index in [1.165, 1.54) is 18.7 Å². The first kappa shape index (κ1) is 21.8. The van der Waals surface area contributed by atoms with Gasteiger partial charge in [0.05, 0.1) is 29.1 Å². The van der Waals surface area contributed by atoms with Gasteiger partial charge in [0.1, 0.15) is 5.00 Å². The summed E-state index contributed by atoms with van der Waals surface area (Å²) in [5.74, 6) is 0.0716. The molecule has 1 amide bonds. The van der Waals surface area contributed by atoms with Crippen LogP contribution in [-0.2, 0) is 16.6 Å². The molecule has 0 saturated carbocycles. The van der Waals surface area contributed by atoms with Crippen LogP contribution in [0.5, 0.6) is 0 Å². The van der Waals surface area contributed by atoms with Gasteiger partial charge in [0.15, 0.2) is 22.5 Å². The average molecular weight is 449 g/mol. The minimum atomic E-state index is -0.571. The van der Waals surface area contributed by atoms with E-state index in [4.69, 9.17) is 9.15 Å². The molecule has 3 rings (SSSR count). The second kappa shape index (κ2) is 9.26. The minimum absolute atomic E-state index is 0.0404. The second-order valence-corrected chi connectivity index (χ2v) is 8.18. The zero-order valence-corrected chi connectivity index (χ0v) is 18.5. The van der Waals surface area contributed by atoms with Gasteiger partial charge in [0.2, 0.25) is 5.91 Å². The predicted molar refractivity (Wildman–Crippen MR) is 113 cm³/mol. The van der Waals surface area contributed by atoms with Crippen LogP contribution in [0.15, 0.2) is 28.0 Å². The number of thioether (sulfide) groups is 1. The molecule has 0 atom stereocenters. The van der Waals surface area contributed by atoms with Crippen molar-refractivity contribution in [3.63, 3.8) is 0 Å². The predicted octanol–water partition coefficient (Wildman–Crippen LogP) is 3.56. The van der Waals surface area contributed by atoms with Crippen LogP contribution < -0.4 is 5.32 Å². The molecule has 0 aliphatic carbocycles. The highest BCUT2D eigenvalue weighted by Crippen LogP contribution is 2.34. The summed E-state index contributed by atoms with van der Waals surface area (Å²) in [5.41, 5.74) is 0.717. The number of esters is 1. The van der Waals surface area contributed by atoms with Gasteiger partial charge in [0, 0.05) is 7.05 Å². The quantitative estimate of drug-likeness (QED) is 0.316. The van der Waals surface area contributed by atoms with E-state index >= 15 is 0 Å². The molecule has 1 N–H and O–H groups in total. The van der Waals surface area contributed by atoms with Gasteiger partial charge in [-0.15, -0.1) is 21.5 Å². The Hall–Kier alpha value is -2.92. The van der Waals surface area contributed by atoms with E-state index in [2.05, 4.69) is 15.5 Å². The standard InChI is InChI=1S/C19H20N4O5S2/c1-5-27-18(26)14-10(2)15(11(3)24)30-17(14)20-13(25)9-29-19-22-21-16(23(19)4)12-7-6-8-28-12/h6-8H,5,9H2,1-4H3,(H,20,25). The molecule has 0 radical (unpaired) electrons. The number of thiophene rings is 1. The Morgan fingerprint density at radius 3 is 2.73 bits per heavy atom. The van der Waals surface area contributed by atoms with Gasteiger partial charge in [-0.05, 0) is 38.5 Å². The van der Waals surface area contributed by atoms with Gasteiger partial charge >= 0.3 is 5.97 Å². The smallest absolute Gasteiger partial charge is 0.341 e. The normalized spacial score (nSPS) is 10.8. The van der Waals surface area contributed by atoms with E-state index in [-0.39, 0.29) is 29.6 Å². The van der Waals surface area contributed by atoms with Gasteiger partial charge in [-0.2, -0.15) is 0 Å². The number of furan rings is 1. The van der Waals surface area contributed by atoms with E-state index in [1.807, 2.05) is 0 Å². The zero-order chi connectivity index (χ0) is 21.8. The van der Waals surface area contributed by atoms with E-state index in [9.17, 15) is 14.4 Å². The molecule has 11 heteroatoms. The number of rotatable bonds is 8. The van der Waals surface area contributed by atoms with Crippen molar-refractivity contribution < 1.29 is 23.5 Å². The molecule has 3 aromatic rings. The molecule has 0 spiro atoms. The number of anilines is 1. The Morgan fingerprint density at radius 1 is 1.33 bits per heavy atom. The lowest BCUT2D eigenvalue weighted by atomic mass is 10.1. The van der Waals surface area contributed by atoms with Crippen LogP contribution in [0.4, 0.5) is 5.00 Å². The highest BCUT2D eigenvalue weighted by molar-refractivity contribution is 7.99. The molecular weight excluding hydrogens is 428 g/mol. The molecule has 3 heterocycles. The summed E-state index contributed by atoms with van der Waals surface area (Å²) in [6.45, 7) is 4.97. The molecule has 0 saturated heterocycles. The van der Waals surface area contributed by atoms with E-state index in [0.717, 1.165) is 11.3 Å².